The number of hydrogen-bond acceptors (Lipinski definition) is 5. The largest absolute Gasteiger partial charge is 0.462 e. The van der Waals surface area contributed by atoms with Gasteiger partial charge in [-0.25, -0.2) is 18.0 Å². The molecular formula is C19H17F3O5S. The molecule has 0 aliphatic heterocycles. The van der Waals surface area contributed by atoms with E-state index in [-0.39, 0.29) is 22.6 Å². The first kappa shape index (κ1) is 21.5. The second kappa shape index (κ2) is 8.92. The van der Waals surface area contributed by atoms with Gasteiger partial charge in [0.1, 0.15) is 4.90 Å². The van der Waals surface area contributed by atoms with E-state index in [4.69, 9.17) is 8.92 Å². The topological polar surface area (TPSA) is 69.7 Å². The van der Waals surface area contributed by atoms with Gasteiger partial charge in [0, 0.05) is 5.56 Å². The van der Waals surface area contributed by atoms with Gasteiger partial charge in [-0.1, -0.05) is 29.8 Å². The Labute approximate surface area is 160 Å². The number of carbonyl (C=O) groups is 1. The molecule has 150 valence electrons. The summed E-state index contributed by atoms with van der Waals surface area (Å²) in [5, 5.41) is 0. The van der Waals surface area contributed by atoms with Crippen molar-refractivity contribution < 1.29 is 35.3 Å². The van der Waals surface area contributed by atoms with Crippen molar-refractivity contribution in [1.82, 2.24) is 0 Å². The van der Waals surface area contributed by atoms with Crippen LogP contribution in [-0.4, -0.2) is 27.4 Å². The van der Waals surface area contributed by atoms with Gasteiger partial charge in [-0.2, -0.15) is 8.42 Å². The lowest BCUT2D eigenvalue weighted by atomic mass is 10.1. The second-order valence-electron chi connectivity index (χ2n) is 5.63. The highest BCUT2D eigenvalue weighted by Gasteiger charge is 2.26. The van der Waals surface area contributed by atoms with Crippen LogP contribution in [0.4, 0.5) is 13.2 Å². The molecule has 0 bridgehead atoms. The number of halogens is 3. The molecule has 0 radical (unpaired) electrons. The number of carbonyl (C=O) groups excluding carboxylic acids is 1. The van der Waals surface area contributed by atoms with Crippen LogP contribution in [0.2, 0.25) is 0 Å². The van der Waals surface area contributed by atoms with Gasteiger partial charge in [0.2, 0.25) is 5.83 Å². The van der Waals surface area contributed by atoms with Crippen molar-refractivity contribution >= 4 is 21.8 Å². The van der Waals surface area contributed by atoms with Gasteiger partial charge in [-0.05, 0) is 38.1 Å². The van der Waals surface area contributed by atoms with Crippen LogP contribution >= 0.6 is 0 Å². The maximum atomic E-state index is 14.0. The highest BCUT2D eigenvalue weighted by atomic mass is 32.2. The summed E-state index contributed by atoms with van der Waals surface area (Å²) in [7, 11) is -4.56. The highest BCUT2D eigenvalue weighted by molar-refractivity contribution is 7.87. The Balaban J connectivity index is 2.43. The zero-order valence-corrected chi connectivity index (χ0v) is 15.8. The zero-order chi connectivity index (χ0) is 20.9. The summed E-state index contributed by atoms with van der Waals surface area (Å²) in [6.45, 7) is 3.46. The third-order valence-electron chi connectivity index (χ3n) is 3.57. The molecule has 0 saturated carbocycles. The molecule has 9 heteroatoms. The maximum absolute atomic E-state index is 14.0. The normalized spacial score (nSPS) is 12.5. The molecule has 5 nitrogen and oxygen atoms in total. The Morgan fingerprint density at radius 3 is 2.04 bits per heavy atom. The fraction of sp³-hybridized carbons (Fsp3) is 0.211. The van der Waals surface area contributed by atoms with E-state index in [9.17, 15) is 26.4 Å². The first-order chi connectivity index (χ1) is 13.2. The van der Waals surface area contributed by atoms with E-state index in [1.807, 2.05) is 0 Å². The molecule has 2 aromatic carbocycles. The average molecular weight is 414 g/mol. The first-order valence-electron chi connectivity index (χ1n) is 8.12. The van der Waals surface area contributed by atoms with Crippen LogP contribution < -0.4 is 0 Å². The molecule has 0 spiro atoms. The van der Waals surface area contributed by atoms with Crippen LogP contribution in [0.15, 0.2) is 59.3 Å². The number of ether oxygens (including phenoxy) is 1. The Morgan fingerprint density at radius 2 is 1.54 bits per heavy atom. The molecule has 0 heterocycles. The van der Waals surface area contributed by atoms with Crippen LogP contribution in [0.25, 0.3) is 5.76 Å². The van der Waals surface area contributed by atoms with Gasteiger partial charge < -0.3 is 8.92 Å². The molecule has 0 aromatic heterocycles. The van der Waals surface area contributed by atoms with E-state index in [1.54, 1.807) is 13.8 Å². The SMILES string of the molecule is CCOC(=O)c1ccc(/C(OS(=O)(=O)c2ccc(C)cc2)=C(/F)C(F)F)cc1. The van der Waals surface area contributed by atoms with Gasteiger partial charge >= 0.3 is 16.1 Å². The minimum Gasteiger partial charge on any atom is -0.462 e. The van der Waals surface area contributed by atoms with Crippen LogP contribution in [0.3, 0.4) is 0 Å². The van der Waals surface area contributed by atoms with Crippen molar-refractivity contribution in [2.45, 2.75) is 25.2 Å². The van der Waals surface area contributed by atoms with Crippen molar-refractivity contribution in [3.63, 3.8) is 0 Å². The smallest absolute Gasteiger partial charge is 0.339 e. The third kappa shape index (κ3) is 5.13. The fourth-order valence-corrected chi connectivity index (χ4v) is 3.12. The second-order valence-corrected chi connectivity index (χ2v) is 7.17. The standard InChI is InChI=1S/C19H17F3O5S/c1-3-26-19(23)14-8-6-13(7-9-14)17(16(20)18(21)22)27-28(24,25)15-10-4-12(2)5-11-15/h4-11,18H,3H2,1-2H3/b17-16-. The van der Waals surface area contributed by atoms with Gasteiger partial charge in [0.15, 0.2) is 5.76 Å². The number of hydrogen-bond donors (Lipinski definition) is 0. The minimum atomic E-state index is -4.56. The summed E-state index contributed by atoms with van der Waals surface area (Å²) in [6.07, 6.45) is -3.59. The average Bonchev–Trinajstić information content (AvgIpc) is 2.66. The zero-order valence-electron chi connectivity index (χ0n) is 15.0. The predicted molar refractivity (Wildman–Crippen MR) is 95.9 cm³/mol. The molecule has 0 atom stereocenters. The van der Waals surface area contributed by atoms with Gasteiger partial charge in [-0.15, -0.1) is 0 Å². The molecule has 0 amide bonds. The number of allylic oxidation sites excluding steroid dienone is 1. The van der Waals surface area contributed by atoms with Crippen molar-refractivity contribution in [2.75, 3.05) is 6.61 Å². The highest BCUT2D eigenvalue weighted by Crippen LogP contribution is 2.30. The van der Waals surface area contributed by atoms with Crippen LogP contribution in [0.1, 0.15) is 28.4 Å². The first-order valence-corrected chi connectivity index (χ1v) is 9.53. The summed E-state index contributed by atoms with van der Waals surface area (Å²) in [4.78, 5) is 11.3. The summed E-state index contributed by atoms with van der Waals surface area (Å²) in [6, 6.07) is 9.96. The summed E-state index contributed by atoms with van der Waals surface area (Å²) in [5.41, 5.74) is 0.577. The van der Waals surface area contributed by atoms with Gasteiger partial charge in [0.25, 0.3) is 6.43 Å². The lowest BCUT2D eigenvalue weighted by Crippen LogP contribution is -2.10. The molecule has 0 unspecified atom stereocenters. The Hall–Kier alpha value is -2.81. The minimum absolute atomic E-state index is 0.0868. The van der Waals surface area contributed by atoms with E-state index in [1.165, 1.54) is 36.4 Å². The summed E-state index contributed by atoms with van der Waals surface area (Å²) < 4.78 is 74.1. The van der Waals surface area contributed by atoms with Crippen molar-refractivity contribution in [3.05, 3.63) is 71.0 Å². The van der Waals surface area contributed by atoms with E-state index in [0.29, 0.717) is 0 Å². The molecule has 2 rings (SSSR count). The number of alkyl halides is 2. The lowest BCUT2D eigenvalue weighted by molar-refractivity contribution is 0.0526. The van der Waals surface area contributed by atoms with Crippen LogP contribution in [0, 0.1) is 6.92 Å². The molecule has 0 saturated heterocycles. The summed E-state index contributed by atoms with van der Waals surface area (Å²) in [5.74, 6) is -3.85. The molecule has 0 aliphatic rings. The number of rotatable bonds is 7. The maximum Gasteiger partial charge on any atom is 0.339 e. The number of aryl methyl sites for hydroxylation is 1. The summed E-state index contributed by atoms with van der Waals surface area (Å²) >= 11 is 0. The molecule has 0 N–H and O–H groups in total. The van der Waals surface area contributed by atoms with Gasteiger partial charge in [-0.3, -0.25) is 0 Å². The molecule has 2 aromatic rings. The Bertz CT molecular complexity index is 966. The monoisotopic (exact) mass is 414 g/mol. The molecule has 0 aliphatic carbocycles. The Morgan fingerprint density at radius 1 is 1.00 bits per heavy atom. The van der Waals surface area contributed by atoms with Crippen molar-refractivity contribution in [1.29, 1.82) is 0 Å². The molecular weight excluding hydrogens is 397 g/mol. The predicted octanol–water partition coefficient (Wildman–Crippen LogP) is 4.48. The molecule has 28 heavy (non-hydrogen) atoms. The number of esters is 1. The van der Waals surface area contributed by atoms with E-state index in [2.05, 4.69) is 0 Å². The van der Waals surface area contributed by atoms with Crippen molar-refractivity contribution in [2.24, 2.45) is 0 Å². The third-order valence-corrected chi connectivity index (χ3v) is 4.81. The van der Waals surface area contributed by atoms with Gasteiger partial charge in [0.05, 0.1) is 12.2 Å². The lowest BCUT2D eigenvalue weighted by Gasteiger charge is -2.13. The Kier molecular flexibility index (Phi) is 6.85. The molecule has 0 fully saturated rings. The van der Waals surface area contributed by atoms with E-state index < -0.39 is 34.1 Å². The van der Waals surface area contributed by atoms with Crippen LogP contribution in [0.5, 0.6) is 0 Å². The quantitative estimate of drug-likeness (QED) is 0.380. The van der Waals surface area contributed by atoms with Crippen molar-refractivity contribution in [3.8, 4) is 0 Å². The van der Waals surface area contributed by atoms with E-state index in [0.717, 1.165) is 17.7 Å². The van der Waals surface area contributed by atoms with E-state index >= 15 is 0 Å². The number of benzene rings is 2. The fourth-order valence-electron chi connectivity index (χ4n) is 2.16. The van der Waals surface area contributed by atoms with Crippen LogP contribution in [-0.2, 0) is 19.0 Å².